The van der Waals surface area contributed by atoms with Crippen LogP contribution in [0.4, 0.5) is 10.8 Å². The number of hydrogen-bond acceptors (Lipinski definition) is 6. The van der Waals surface area contributed by atoms with Crippen LogP contribution >= 0.6 is 23.1 Å². The van der Waals surface area contributed by atoms with Crippen molar-refractivity contribution in [1.29, 1.82) is 0 Å². The van der Waals surface area contributed by atoms with Gasteiger partial charge in [0.2, 0.25) is 11.0 Å². The first-order chi connectivity index (χ1) is 12.9. The Morgan fingerprint density at radius 3 is 2.52 bits per heavy atom. The third-order valence-corrected chi connectivity index (χ3v) is 6.99. The zero-order chi connectivity index (χ0) is 19.4. The summed E-state index contributed by atoms with van der Waals surface area (Å²) >= 11 is 2.97. The van der Waals surface area contributed by atoms with Gasteiger partial charge in [0, 0.05) is 17.8 Å². The van der Waals surface area contributed by atoms with Gasteiger partial charge >= 0.3 is 0 Å². The first kappa shape index (κ1) is 20.1. The van der Waals surface area contributed by atoms with E-state index in [-0.39, 0.29) is 5.91 Å². The summed E-state index contributed by atoms with van der Waals surface area (Å²) in [6.45, 7) is 8.66. The molecule has 1 N–H and O–H groups in total. The molecule has 1 aliphatic rings. The van der Waals surface area contributed by atoms with Crippen LogP contribution in [0.1, 0.15) is 58.4 Å². The van der Waals surface area contributed by atoms with E-state index >= 15 is 0 Å². The van der Waals surface area contributed by atoms with Gasteiger partial charge in [-0.25, -0.2) is 0 Å². The predicted molar refractivity (Wildman–Crippen MR) is 114 cm³/mol. The molecule has 3 rings (SSSR count). The molecule has 1 aromatic heterocycles. The molecule has 2 aromatic rings. The number of piperidine rings is 1. The lowest BCUT2D eigenvalue weighted by Crippen LogP contribution is -2.48. The third-order valence-electron chi connectivity index (χ3n) is 5.04. The molecule has 1 amide bonds. The molecule has 2 unspecified atom stereocenters. The maximum atomic E-state index is 12.6. The van der Waals surface area contributed by atoms with Gasteiger partial charge < -0.3 is 10.2 Å². The zero-order valence-electron chi connectivity index (χ0n) is 16.4. The average Bonchev–Trinajstić information content (AvgIpc) is 3.07. The molecule has 1 saturated heterocycles. The fourth-order valence-electron chi connectivity index (χ4n) is 3.50. The normalized spacial score (nSPS) is 20.1. The van der Waals surface area contributed by atoms with Crippen molar-refractivity contribution in [2.24, 2.45) is 0 Å². The van der Waals surface area contributed by atoms with Crippen LogP contribution in [0.3, 0.4) is 0 Å². The van der Waals surface area contributed by atoms with Gasteiger partial charge in [0.25, 0.3) is 0 Å². The lowest BCUT2D eigenvalue weighted by atomic mass is 9.98. The number of anilines is 2. The van der Waals surface area contributed by atoms with Gasteiger partial charge in [-0.15, -0.1) is 10.2 Å². The molecule has 0 saturated carbocycles. The molecular weight excluding hydrogens is 376 g/mol. The van der Waals surface area contributed by atoms with Crippen LogP contribution in [0.25, 0.3) is 0 Å². The van der Waals surface area contributed by atoms with Crippen molar-refractivity contribution in [3.05, 3.63) is 29.8 Å². The van der Waals surface area contributed by atoms with E-state index in [4.69, 9.17) is 0 Å². The second-order valence-electron chi connectivity index (χ2n) is 7.49. The lowest BCUT2D eigenvalue weighted by Gasteiger charge is -2.39. The Labute approximate surface area is 170 Å². The van der Waals surface area contributed by atoms with Gasteiger partial charge in [-0.1, -0.05) is 49.1 Å². The molecule has 146 valence electrons. The highest BCUT2D eigenvalue weighted by molar-refractivity contribution is 8.01. The summed E-state index contributed by atoms with van der Waals surface area (Å²) < 4.78 is 0.821. The Morgan fingerprint density at radius 2 is 1.89 bits per heavy atom. The molecule has 0 aliphatic carbocycles. The Hall–Kier alpha value is -1.60. The number of amides is 1. The van der Waals surface area contributed by atoms with Crippen molar-refractivity contribution in [1.82, 2.24) is 15.1 Å². The minimum Gasteiger partial charge on any atom is -0.337 e. The van der Waals surface area contributed by atoms with E-state index in [0.29, 0.717) is 23.8 Å². The molecule has 27 heavy (non-hydrogen) atoms. The monoisotopic (exact) mass is 404 g/mol. The molecule has 0 bridgehead atoms. The third kappa shape index (κ3) is 5.23. The van der Waals surface area contributed by atoms with E-state index < -0.39 is 0 Å². The van der Waals surface area contributed by atoms with Gasteiger partial charge in [0.15, 0.2) is 4.34 Å². The number of likely N-dealkylation sites (tertiary alicyclic amines) is 1. The number of carbonyl (C=O) groups is 1. The summed E-state index contributed by atoms with van der Waals surface area (Å²) in [5, 5.41) is 12.5. The van der Waals surface area contributed by atoms with Crippen LogP contribution in [-0.4, -0.2) is 38.8 Å². The highest BCUT2D eigenvalue weighted by atomic mass is 32.2. The Bertz CT molecular complexity index is 750. The van der Waals surface area contributed by atoms with Gasteiger partial charge in [-0.05, 0) is 56.7 Å². The highest BCUT2D eigenvalue weighted by Gasteiger charge is 2.28. The van der Waals surface area contributed by atoms with Gasteiger partial charge in [0.05, 0.1) is 5.75 Å². The fourth-order valence-corrected chi connectivity index (χ4v) is 5.15. The summed E-state index contributed by atoms with van der Waals surface area (Å²) in [7, 11) is 0. The predicted octanol–water partition coefficient (Wildman–Crippen LogP) is 5.29. The number of carbonyl (C=O) groups excluding carboxylic acids is 1. The summed E-state index contributed by atoms with van der Waals surface area (Å²) in [5.74, 6) is 1.15. The maximum Gasteiger partial charge on any atom is 0.233 e. The van der Waals surface area contributed by atoms with E-state index in [1.165, 1.54) is 35.1 Å². The van der Waals surface area contributed by atoms with Crippen LogP contribution in [0.15, 0.2) is 28.6 Å². The maximum absolute atomic E-state index is 12.6. The van der Waals surface area contributed by atoms with Crippen molar-refractivity contribution >= 4 is 39.8 Å². The first-order valence-electron chi connectivity index (χ1n) is 9.58. The van der Waals surface area contributed by atoms with E-state index in [0.717, 1.165) is 28.0 Å². The Balaban J connectivity index is 1.54. The minimum atomic E-state index is 0.202. The summed E-state index contributed by atoms with van der Waals surface area (Å²) in [4.78, 5) is 14.7. The zero-order valence-corrected chi connectivity index (χ0v) is 18.1. The second-order valence-corrected chi connectivity index (χ2v) is 9.69. The van der Waals surface area contributed by atoms with Crippen molar-refractivity contribution < 1.29 is 4.79 Å². The van der Waals surface area contributed by atoms with Gasteiger partial charge in [-0.2, -0.15) is 0 Å². The number of aromatic nitrogens is 2. The molecule has 5 nitrogen and oxygen atoms in total. The minimum absolute atomic E-state index is 0.202. The number of nitrogens with zero attached hydrogens (tertiary/aromatic N) is 3. The number of nitrogens with one attached hydrogen (secondary N) is 1. The topological polar surface area (TPSA) is 58.1 Å². The summed E-state index contributed by atoms with van der Waals surface area (Å²) in [5.41, 5.74) is 2.31. The summed E-state index contributed by atoms with van der Waals surface area (Å²) in [6.07, 6.45) is 3.41. The standard InChI is InChI=1S/C20H28N4OS2/c1-13(2)16-8-10-17(11-9-16)21-19-22-23-20(27-19)26-12-18(25)24-14(3)6-5-7-15(24)4/h8-11,13-15H,5-7,12H2,1-4H3,(H,21,22). The van der Waals surface area contributed by atoms with Crippen LogP contribution < -0.4 is 5.32 Å². The molecule has 2 atom stereocenters. The quantitative estimate of drug-likeness (QED) is 0.663. The van der Waals surface area contributed by atoms with Crippen LogP contribution in [-0.2, 0) is 4.79 Å². The molecule has 1 fully saturated rings. The summed E-state index contributed by atoms with van der Waals surface area (Å²) in [6, 6.07) is 9.05. The molecule has 7 heteroatoms. The Kier molecular flexibility index (Phi) is 6.76. The molecule has 1 aromatic carbocycles. The van der Waals surface area contributed by atoms with Crippen molar-refractivity contribution in [3.63, 3.8) is 0 Å². The van der Waals surface area contributed by atoms with Gasteiger partial charge in [-0.3, -0.25) is 4.79 Å². The van der Waals surface area contributed by atoms with Gasteiger partial charge in [0.1, 0.15) is 0 Å². The van der Waals surface area contributed by atoms with E-state index in [1.807, 2.05) is 4.90 Å². The Morgan fingerprint density at radius 1 is 1.22 bits per heavy atom. The van der Waals surface area contributed by atoms with Crippen molar-refractivity contribution in [2.75, 3.05) is 11.1 Å². The largest absolute Gasteiger partial charge is 0.337 e. The molecule has 0 radical (unpaired) electrons. The number of benzene rings is 1. The average molecular weight is 405 g/mol. The molecular formula is C20H28N4OS2. The second kappa shape index (κ2) is 9.06. The van der Waals surface area contributed by atoms with E-state index in [9.17, 15) is 4.79 Å². The number of rotatable bonds is 6. The molecule has 0 spiro atoms. The molecule has 1 aliphatic heterocycles. The van der Waals surface area contributed by atoms with E-state index in [2.05, 4.69) is 67.5 Å². The SMILES string of the molecule is CC(C)c1ccc(Nc2nnc(SCC(=O)N3C(C)CCCC3C)s2)cc1. The molecule has 2 heterocycles. The highest BCUT2D eigenvalue weighted by Crippen LogP contribution is 2.30. The number of thioether (sulfide) groups is 1. The van der Waals surface area contributed by atoms with Crippen molar-refractivity contribution in [2.45, 2.75) is 69.3 Å². The smallest absolute Gasteiger partial charge is 0.233 e. The van der Waals surface area contributed by atoms with E-state index in [1.54, 1.807) is 0 Å². The van der Waals surface area contributed by atoms with Crippen LogP contribution in [0, 0.1) is 0 Å². The first-order valence-corrected chi connectivity index (χ1v) is 11.4. The van der Waals surface area contributed by atoms with Crippen molar-refractivity contribution in [3.8, 4) is 0 Å². The number of hydrogen-bond donors (Lipinski definition) is 1. The van der Waals surface area contributed by atoms with Crippen LogP contribution in [0.5, 0.6) is 0 Å². The fraction of sp³-hybridized carbons (Fsp3) is 0.550. The van der Waals surface area contributed by atoms with Crippen LogP contribution in [0.2, 0.25) is 0 Å². The lowest BCUT2D eigenvalue weighted by molar-refractivity contribution is -0.134.